The van der Waals surface area contributed by atoms with E-state index in [-0.39, 0.29) is 29.9 Å². The molecule has 18 heavy (non-hydrogen) atoms. The second kappa shape index (κ2) is 7.64. The molecular weight excluding hydrogens is 369 g/mol. The van der Waals surface area contributed by atoms with E-state index in [0.29, 0.717) is 25.3 Å². The fourth-order valence-electron chi connectivity index (χ4n) is 1.63. The molecule has 0 atom stereocenters. The molecule has 8 heteroatoms. The van der Waals surface area contributed by atoms with Crippen LogP contribution in [-0.4, -0.2) is 47.7 Å². The Hall–Kier alpha value is -0.740. The van der Waals surface area contributed by atoms with Crippen molar-refractivity contribution in [3.8, 4) is 0 Å². The van der Waals surface area contributed by atoms with E-state index in [2.05, 4.69) is 4.72 Å². The number of hydrogen-bond donors (Lipinski definition) is 1. The number of carbonyl (C=O) groups is 2. The number of piperazine rings is 1. The molecule has 1 aromatic heterocycles. The maximum absolute atomic E-state index is 11.9. The van der Waals surface area contributed by atoms with Crippen LogP contribution in [0.4, 0.5) is 0 Å². The van der Waals surface area contributed by atoms with E-state index in [1.807, 2.05) is 4.31 Å². The van der Waals surface area contributed by atoms with Gasteiger partial charge >= 0.3 is 0 Å². The molecule has 0 radical (unpaired) electrons. The molecule has 1 aromatic rings. The lowest BCUT2D eigenvalue weighted by Gasteiger charge is -2.32. The van der Waals surface area contributed by atoms with Crippen molar-refractivity contribution in [3.05, 3.63) is 24.2 Å². The van der Waals surface area contributed by atoms with E-state index in [1.54, 1.807) is 17.0 Å². The van der Waals surface area contributed by atoms with Crippen LogP contribution in [0.3, 0.4) is 0 Å². The third kappa shape index (κ3) is 3.89. The van der Waals surface area contributed by atoms with Crippen molar-refractivity contribution in [2.24, 2.45) is 0 Å². The molecule has 0 aliphatic carbocycles. The normalized spacial score (nSPS) is 15.9. The maximum Gasteiger partial charge on any atom is 0.289 e. The van der Waals surface area contributed by atoms with Gasteiger partial charge in [0.05, 0.1) is 6.26 Å². The van der Waals surface area contributed by atoms with Gasteiger partial charge in [0.25, 0.3) is 5.91 Å². The first-order chi connectivity index (χ1) is 8.31. The molecule has 2 amide bonds. The summed E-state index contributed by atoms with van der Waals surface area (Å²) >= 11 is 1.26. The van der Waals surface area contributed by atoms with E-state index < -0.39 is 0 Å². The Balaban J connectivity index is 0.00000162. The molecule has 1 aliphatic heterocycles. The van der Waals surface area contributed by atoms with Gasteiger partial charge in [0.1, 0.15) is 0 Å². The standard InChI is InChI=1S/C10H13N3O3S.HI/c14-8-11-17-13-5-3-12(4-6-13)10(15)9-2-1-7-16-9;/h1-2,7-8H,3-6H2,(H,11,14);1H. The largest absolute Gasteiger partial charge is 0.459 e. The zero-order chi connectivity index (χ0) is 12.1. The SMILES string of the molecule is I.O=CNSN1CCN(C(=O)c2ccco2)CC1. The monoisotopic (exact) mass is 383 g/mol. The minimum atomic E-state index is -0.0806. The third-order valence-corrected chi connectivity index (χ3v) is 3.31. The summed E-state index contributed by atoms with van der Waals surface area (Å²) in [7, 11) is 0. The number of carbonyl (C=O) groups excluding carboxylic acids is 2. The zero-order valence-electron chi connectivity index (χ0n) is 9.57. The topological polar surface area (TPSA) is 65.8 Å². The molecule has 1 N–H and O–H groups in total. The molecule has 6 nitrogen and oxygen atoms in total. The minimum Gasteiger partial charge on any atom is -0.459 e. The van der Waals surface area contributed by atoms with Crippen molar-refractivity contribution in [1.82, 2.24) is 13.9 Å². The highest BCUT2D eigenvalue weighted by Gasteiger charge is 2.23. The highest BCUT2D eigenvalue weighted by atomic mass is 127. The van der Waals surface area contributed by atoms with E-state index in [4.69, 9.17) is 4.42 Å². The Bertz CT molecular complexity index is 380. The average molecular weight is 383 g/mol. The van der Waals surface area contributed by atoms with Crippen molar-refractivity contribution in [1.29, 1.82) is 0 Å². The first kappa shape index (κ1) is 15.3. The summed E-state index contributed by atoms with van der Waals surface area (Å²) in [5.74, 6) is 0.292. The Morgan fingerprint density at radius 1 is 1.39 bits per heavy atom. The van der Waals surface area contributed by atoms with E-state index in [1.165, 1.54) is 18.4 Å². The fourth-order valence-corrected chi connectivity index (χ4v) is 2.17. The number of hydrogen-bond acceptors (Lipinski definition) is 5. The Labute approximate surface area is 126 Å². The second-order valence-electron chi connectivity index (χ2n) is 3.53. The molecule has 2 rings (SSSR count). The molecule has 2 heterocycles. The van der Waals surface area contributed by atoms with Gasteiger partial charge in [-0.1, -0.05) is 0 Å². The highest BCUT2D eigenvalue weighted by molar-refractivity contribution is 14.0. The first-order valence-corrected chi connectivity index (χ1v) is 6.02. The third-order valence-electron chi connectivity index (χ3n) is 2.49. The van der Waals surface area contributed by atoms with Crippen LogP contribution < -0.4 is 4.72 Å². The van der Waals surface area contributed by atoms with Crippen molar-refractivity contribution < 1.29 is 14.0 Å². The molecular formula is C10H14IN3O3S. The number of amides is 2. The number of furan rings is 1. The van der Waals surface area contributed by atoms with Crippen molar-refractivity contribution >= 4 is 48.4 Å². The van der Waals surface area contributed by atoms with E-state index >= 15 is 0 Å². The number of rotatable bonds is 4. The van der Waals surface area contributed by atoms with Gasteiger partial charge in [0, 0.05) is 38.3 Å². The maximum atomic E-state index is 11.9. The van der Waals surface area contributed by atoms with Crippen LogP contribution in [0.25, 0.3) is 0 Å². The van der Waals surface area contributed by atoms with E-state index in [9.17, 15) is 9.59 Å². The van der Waals surface area contributed by atoms with Gasteiger partial charge in [-0.05, 0) is 12.1 Å². The molecule has 0 bridgehead atoms. The molecule has 0 aromatic carbocycles. The lowest BCUT2D eigenvalue weighted by molar-refractivity contribution is -0.108. The minimum absolute atomic E-state index is 0. The van der Waals surface area contributed by atoms with Gasteiger partial charge < -0.3 is 9.32 Å². The van der Waals surface area contributed by atoms with Gasteiger partial charge in [-0.25, -0.2) is 4.31 Å². The summed E-state index contributed by atoms with van der Waals surface area (Å²) in [4.78, 5) is 23.8. The predicted octanol–water partition coefficient (Wildman–Crippen LogP) is 0.965. The van der Waals surface area contributed by atoms with Gasteiger partial charge in [0.2, 0.25) is 6.41 Å². The highest BCUT2D eigenvalue weighted by Crippen LogP contribution is 2.13. The van der Waals surface area contributed by atoms with Crippen molar-refractivity contribution in [3.63, 3.8) is 0 Å². The summed E-state index contributed by atoms with van der Waals surface area (Å²) in [5, 5.41) is 0. The van der Waals surface area contributed by atoms with Crippen LogP contribution in [0.2, 0.25) is 0 Å². The zero-order valence-corrected chi connectivity index (χ0v) is 12.7. The number of halogens is 1. The number of nitrogens with one attached hydrogen (secondary N) is 1. The second-order valence-corrected chi connectivity index (χ2v) is 4.46. The molecule has 0 spiro atoms. The van der Waals surface area contributed by atoms with Gasteiger partial charge in [-0.3, -0.25) is 14.3 Å². The van der Waals surface area contributed by atoms with Gasteiger partial charge in [0.15, 0.2) is 5.76 Å². The van der Waals surface area contributed by atoms with Crippen LogP contribution in [-0.2, 0) is 4.79 Å². The molecule has 100 valence electrons. The molecule has 1 saturated heterocycles. The van der Waals surface area contributed by atoms with Crippen LogP contribution in [0.15, 0.2) is 22.8 Å². The van der Waals surface area contributed by atoms with Gasteiger partial charge in [-0.2, -0.15) is 0 Å². The van der Waals surface area contributed by atoms with Crippen LogP contribution in [0, 0.1) is 0 Å². The molecule has 1 aliphatic rings. The van der Waals surface area contributed by atoms with Crippen LogP contribution in [0.5, 0.6) is 0 Å². The lowest BCUT2D eigenvalue weighted by Crippen LogP contribution is -2.46. The Kier molecular flexibility index (Phi) is 6.50. The first-order valence-electron chi connectivity index (χ1n) is 5.25. The fraction of sp³-hybridized carbons (Fsp3) is 0.400. The number of nitrogens with zero attached hydrogens (tertiary/aromatic N) is 2. The summed E-state index contributed by atoms with van der Waals surface area (Å²) in [5.41, 5.74) is 0. The molecule has 1 fully saturated rings. The molecule has 0 saturated carbocycles. The Morgan fingerprint density at radius 2 is 2.11 bits per heavy atom. The van der Waals surface area contributed by atoms with Crippen LogP contribution >= 0.6 is 36.1 Å². The summed E-state index contributed by atoms with van der Waals surface area (Å²) < 4.78 is 9.60. The van der Waals surface area contributed by atoms with E-state index in [0.717, 1.165) is 13.1 Å². The van der Waals surface area contributed by atoms with Gasteiger partial charge in [-0.15, -0.1) is 24.0 Å². The van der Waals surface area contributed by atoms with Crippen LogP contribution in [0.1, 0.15) is 10.6 Å². The average Bonchev–Trinajstić information content (AvgIpc) is 2.90. The molecule has 0 unspecified atom stereocenters. The summed E-state index contributed by atoms with van der Waals surface area (Å²) in [6.07, 6.45) is 2.14. The lowest BCUT2D eigenvalue weighted by atomic mass is 10.3. The quantitative estimate of drug-likeness (QED) is 0.477. The summed E-state index contributed by atoms with van der Waals surface area (Å²) in [6, 6.07) is 3.37. The smallest absolute Gasteiger partial charge is 0.289 e. The Morgan fingerprint density at radius 3 is 2.67 bits per heavy atom. The van der Waals surface area contributed by atoms with Crippen molar-refractivity contribution in [2.75, 3.05) is 26.2 Å². The predicted molar refractivity (Wildman–Crippen MR) is 78.4 cm³/mol. The van der Waals surface area contributed by atoms with Crippen molar-refractivity contribution in [2.45, 2.75) is 0 Å². The summed E-state index contributed by atoms with van der Waals surface area (Å²) in [6.45, 7) is 2.70.